The first-order chi connectivity index (χ1) is 12.3. The van der Waals surface area contributed by atoms with Gasteiger partial charge in [0, 0.05) is 15.0 Å². The standard InChI is InChI=1S/C16H15Br2F3N4O2/c1-15(2,3)23-13(26)8-4-7(17)5-9(18)12(8)22-14(27)10-6-11(25-24-10)16(19,20)21/h4-6H,1-3H3,(H,22,27)(H,23,26)(H,24,25)/p+1. The molecule has 1 heterocycles. The molecule has 6 nitrogen and oxygen atoms in total. The largest absolute Gasteiger partial charge is 0.432 e. The van der Waals surface area contributed by atoms with Crippen LogP contribution in [0, 0.1) is 0 Å². The predicted octanol–water partition coefficient (Wildman–Crippen LogP) is 3.71. The van der Waals surface area contributed by atoms with Crippen LogP contribution < -0.4 is 10.6 Å². The van der Waals surface area contributed by atoms with E-state index in [-0.39, 0.29) is 17.2 Å². The summed E-state index contributed by atoms with van der Waals surface area (Å²) in [5.41, 5.74) is -1.66. The smallest absolute Gasteiger partial charge is 0.319 e. The molecule has 0 aliphatic rings. The van der Waals surface area contributed by atoms with Gasteiger partial charge in [0.15, 0.2) is 5.69 Å². The minimum Gasteiger partial charge on any atom is -0.319 e. The average molecular weight is 513 g/mol. The summed E-state index contributed by atoms with van der Waals surface area (Å²) >= 11 is 6.55. The molecule has 2 rings (SSSR count). The highest BCUT2D eigenvalue weighted by Crippen LogP contribution is 2.32. The number of benzene rings is 1. The first kappa shape index (κ1) is 21.6. The number of hydrogen-bond donors (Lipinski definition) is 3. The number of halogens is 5. The molecule has 11 heteroatoms. The Morgan fingerprint density at radius 1 is 1.15 bits per heavy atom. The maximum Gasteiger partial charge on any atom is 0.432 e. The summed E-state index contributed by atoms with van der Waals surface area (Å²) in [5, 5.41) is 9.11. The molecule has 0 aliphatic heterocycles. The lowest BCUT2D eigenvalue weighted by Gasteiger charge is -2.17. The van der Waals surface area contributed by atoms with Crippen molar-refractivity contribution in [2.24, 2.45) is 0 Å². The van der Waals surface area contributed by atoms with Crippen LogP contribution in [-0.4, -0.2) is 27.6 Å². The molecule has 0 spiro atoms. The summed E-state index contributed by atoms with van der Waals surface area (Å²) in [7, 11) is 0. The molecule has 2 amide bonds. The van der Waals surface area contributed by atoms with Crippen LogP contribution in [0.1, 0.15) is 47.3 Å². The Bertz CT molecular complexity index is 889. The number of anilines is 1. The molecular formula is C16H16Br2F3N4O2+. The number of carbonyl (C=O) groups excluding carboxylic acids is 2. The molecule has 0 atom stereocenters. The van der Waals surface area contributed by atoms with Crippen molar-refractivity contribution in [1.29, 1.82) is 0 Å². The highest BCUT2D eigenvalue weighted by Gasteiger charge is 2.34. The lowest BCUT2D eigenvalue weighted by atomic mass is 10.1. The van der Waals surface area contributed by atoms with Crippen LogP contribution in [0.3, 0.4) is 0 Å². The van der Waals surface area contributed by atoms with Crippen LogP contribution in [0.25, 0.3) is 0 Å². The maximum absolute atomic E-state index is 12.7. The summed E-state index contributed by atoms with van der Waals surface area (Å²) in [6.45, 7) is 5.54. The summed E-state index contributed by atoms with van der Waals surface area (Å²) in [6.07, 6.45) is -4.65. The van der Waals surface area contributed by atoms with Crippen molar-refractivity contribution in [3.05, 3.63) is 44.1 Å². The van der Waals surface area contributed by atoms with Crippen molar-refractivity contribution in [1.82, 2.24) is 10.2 Å². The van der Waals surface area contributed by atoms with Gasteiger partial charge in [-0.05, 0) is 48.8 Å². The summed E-state index contributed by atoms with van der Waals surface area (Å²) in [5.74, 6) is -1.22. The molecule has 0 aliphatic carbocycles. The number of H-pyrrole nitrogens is 1. The van der Waals surface area contributed by atoms with E-state index in [1.807, 2.05) is 20.8 Å². The van der Waals surface area contributed by atoms with Gasteiger partial charge in [0.1, 0.15) is 11.3 Å². The fourth-order valence-electron chi connectivity index (χ4n) is 2.13. The van der Waals surface area contributed by atoms with E-state index in [2.05, 4.69) is 42.3 Å². The van der Waals surface area contributed by atoms with Gasteiger partial charge in [-0.1, -0.05) is 15.9 Å². The second kappa shape index (κ2) is 7.72. The Morgan fingerprint density at radius 2 is 1.78 bits per heavy atom. The van der Waals surface area contributed by atoms with Crippen LogP contribution in [0.15, 0.2) is 27.1 Å². The van der Waals surface area contributed by atoms with E-state index in [9.17, 15) is 22.8 Å². The Morgan fingerprint density at radius 3 is 2.30 bits per heavy atom. The second-order valence-corrected chi connectivity index (χ2v) is 8.57. The van der Waals surface area contributed by atoms with E-state index in [0.717, 1.165) is 0 Å². The Balaban J connectivity index is 2.36. The minimum atomic E-state index is -4.65. The SMILES string of the molecule is CC(C)(C)[NH2+]C(=O)c1cc(Br)cc(Br)c1NC(=O)c1cc(C(F)(F)F)[nH]n1. The fraction of sp³-hybridized carbons (Fsp3) is 0.312. The van der Waals surface area contributed by atoms with Gasteiger partial charge in [-0.15, -0.1) is 0 Å². The molecule has 27 heavy (non-hydrogen) atoms. The lowest BCUT2D eigenvalue weighted by Crippen LogP contribution is -2.97. The van der Waals surface area contributed by atoms with Gasteiger partial charge in [0.05, 0.1) is 11.2 Å². The number of aromatic nitrogens is 2. The third-order valence-corrected chi connectivity index (χ3v) is 4.32. The van der Waals surface area contributed by atoms with Crippen molar-refractivity contribution in [2.45, 2.75) is 32.5 Å². The number of primary amides is 1. The number of quaternary nitrogens is 1. The minimum absolute atomic E-state index is 0.144. The van der Waals surface area contributed by atoms with Crippen molar-refractivity contribution < 1.29 is 28.1 Å². The molecule has 1 aromatic carbocycles. The Hall–Kier alpha value is -1.72. The Labute approximate surface area is 169 Å². The van der Waals surface area contributed by atoms with Gasteiger partial charge in [0.25, 0.3) is 5.91 Å². The Kier molecular flexibility index (Phi) is 6.17. The quantitative estimate of drug-likeness (QED) is 0.585. The molecule has 4 N–H and O–H groups in total. The number of rotatable bonds is 3. The van der Waals surface area contributed by atoms with Gasteiger partial charge in [-0.25, -0.2) is 4.79 Å². The van der Waals surface area contributed by atoms with E-state index in [4.69, 9.17) is 0 Å². The highest BCUT2D eigenvalue weighted by atomic mass is 79.9. The van der Waals surface area contributed by atoms with E-state index in [1.54, 1.807) is 11.2 Å². The van der Waals surface area contributed by atoms with Gasteiger partial charge >= 0.3 is 12.1 Å². The van der Waals surface area contributed by atoms with Crippen molar-refractivity contribution in [3.63, 3.8) is 0 Å². The van der Waals surface area contributed by atoms with E-state index >= 15 is 0 Å². The van der Waals surface area contributed by atoms with Gasteiger partial charge in [0.2, 0.25) is 0 Å². The monoisotopic (exact) mass is 511 g/mol. The molecule has 0 bridgehead atoms. The van der Waals surface area contributed by atoms with E-state index in [0.29, 0.717) is 15.0 Å². The summed E-state index contributed by atoms with van der Waals surface area (Å²) in [6, 6.07) is 3.73. The molecule has 0 fully saturated rings. The third-order valence-electron chi connectivity index (χ3n) is 3.24. The zero-order valence-electron chi connectivity index (χ0n) is 14.5. The van der Waals surface area contributed by atoms with E-state index < -0.39 is 29.0 Å². The number of nitrogens with one attached hydrogen (secondary N) is 2. The topological polar surface area (TPSA) is 91.5 Å². The highest BCUT2D eigenvalue weighted by molar-refractivity contribution is 9.11. The molecule has 0 saturated carbocycles. The number of amides is 2. The molecule has 0 radical (unpaired) electrons. The average Bonchev–Trinajstić information content (AvgIpc) is 2.97. The molecule has 0 saturated heterocycles. The van der Waals surface area contributed by atoms with Crippen LogP contribution in [0.2, 0.25) is 0 Å². The summed E-state index contributed by atoms with van der Waals surface area (Å²) in [4.78, 5) is 25.0. The van der Waals surface area contributed by atoms with Crippen LogP contribution >= 0.6 is 31.9 Å². The van der Waals surface area contributed by atoms with Gasteiger partial charge < -0.3 is 5.32 Å². The summed E-state index contributed by atoms with van der Waals surface area (Å²) < 4.78 is 39.0. The van der Waals surface area contributed by atoms with Crippen LogP contribution in [0.4, 0.5) is 18.9 Å². The fourth-order valence-corrected chi connectivity index (χ4v) is 3.45. The number of nitrogens with zero attached hydrogens (tertiary/aromatic N) is 1. The number of alkyl halides is 3. The van der Waals surface area contributed by atoms with Crippen LogP contribution in [0.5, 0.6) is 0 Å². The maximum atomic E-state index is 12.7. The van der Waals surface area contributed by atoms with Gasteiger partial charge in [-0.2, -0.15) is 18.3 Å². The molecule has 2 aromatic rings. The number of aromatic amines is 1. The second-order valence-electron chi connectivity index (χ2n) is 6.80. The number of carbonyl (C=O) groups is 2. The van der Waals surface area contributed by atoms with Gasteiger partial charge in [-0.3, -0.25) is 15.2 Å². The zero-order chi connectivity index (χ0) is 20.6. The molecular weight excluding hydrogens is 497 g/mol. The normalized spacial score (nSPS) is 12.1. The van der Waals surface area contributed by atoms with E-state index in [1.165, 1.54) is 11.4 Å². The zero-order valence-corrected chi connectivity index (χ0v) is 17.6. The first-order valence-corrected chi connectivity index (χ1v) is 9.20. The molecule has 1 aromatic heterocycles. The van der Waals surface area contributed by atoms with Crippen molar-refractivity contribution in [3.8, 4) is 0 Å². The predicted molar refractivity (Wildman–Crippen MR) is 99.4 cm³/mol. The van der Waals surface area contributed by atoms with Crippen molar-refractivity contribution >= 4 is 49.4 Å². The third kappa shape index (κ3) is 5.63. The van der Waals surface area contributed by atoms with Crippen LogP contribution in [-0.2, 0) is 6.18 Å². The number of hydrogen-bond acceptors (Lipinski definition) is 3. The molecule has 0 unspecified atom stereocenters. The first-order valence-electron chi connectivity index (χ1n) is 7.61. The molecule has 146 valence electrons. The number of nitrogens with two attached hydrogens (primary N) is 1. The lowest BCUT2D eigenvalue weighted by molar-refractivity contribution is -0.625. The van der Waals surface area contributed by atoms with Crippen molar-refractivity contribution in [2.75, 3.05) is 5.32 Å².